The van der Waals surface area contributed by atoms with Crippen LogP contribution in [0.25, 0.3) is 6.08 Å². The van der Waals surface area contributed by atoms with Gasteiger partial charge in [0.05, 0.1) is 5.57 Å². The first-order chi connectivity index (χ1) is 6.77. The number of benzene rings is 1. The second-order valence-corrected chi connectivity index (χ2v) is 2.71. The summed E-state index contributed by atoms with van der Waals surface area (Å²) >= 11 is 0. The van der Waals surface area contributed by atoms with Gasteiger partial charge in [-0.25, -0.2) is 0 Å². The van der Waals surface area contributed by atoms with Crippen LogP contribution >= 0.6 is 0 Å². The van der Waals surface area contributed by atoms with E-state index in [-0.39, 0.29) is 11.5 Å². The van der Waals surface area contributed by atoms with Crippen LogP contribution in [-0.4, -0.2) is 19.2 Å². The predicted octanol–water partition coefficient (Wildman–Crippen LogP) is 1.01. The Kier molecular flexibility index (Phi) is 3.61. The number of carbonyl (C=O) groups excluding carboxylic acids is 2. The van der Waals surface area contributed by atoms with Crippen molar-refractivity contribution in [1.29, 1.82) is 0 Å². The molecule has 3 heteroatoms. The molecule has 0 aliphatic rings. The molecule has 3 nitrogen and oxygen atoms in total. The second kappa shape index (κ2) is 4.97. The van der Waals surface area contributed by atoms with E-state index < -0.39 is 0 Å². The van der Waals surface area contributed by atoms with Crippen LogP contribution < -0.4 is 5.32 Å². The lowest BCUT2D eigenvalue weighted by Gasteiger charge is -1.97. The number of hydrogen-bond acceptors (Lipinski definition) is 2. The van der Waals surface area contributed by atoms with Crippen molar-refractivity contribution < 1.29 is 9.59 Å². The molecule has 0 aliphatic heterocycles. The molecule has 1 amide bonds. The van der Waals surface area contributed by atoms with Crippen molar-refractivity contribution in [2.45, 2.75) is 0 Å². The molecule has 0 saturated heterocycles. The Hall–Kier alpha value is -1.90. The molecule has 1 rings (SSSR count). The summed E-state index contributed by atoms with van der Waals surface area (Å²) in [6.07, 6.45) is 2.09. The largest absolute Gasteiger partial charge is 0.355 e. The van der Waals surface area contributed by atoms with Gasteiger partial charge in [-0.3, -0.25) is 9.59 Å². The van der Waals surface area contributed by atoms with Gasteiger partial charge in [0.1, 0.15) is 0 Å². The number of aldehydes is 1. The van der Waals surface area contributed by atoms with E-state index in [9.17, 15) is 9.59 Å². The normalized spacial score (nSPS) is 10.8. The summed E-state index contributed by atoms with van der Waals surface area (Å²) in [4.78, 5) is 21.7. The van der Waals surface area contributed by atoms with Gasteiger partial charge in [0, 0.05) is 7.05 Å². The molecular formula is C11H11NO2. The highest BCUT2D eigenvalue weighted by molar-refractivity contribution is 6.14. The van der Waals surface area contributed by atoms with Crippen molar-refractivity contribution in [2.75, 3.05) is 7.05 Å². The van der Waals surface area contributed by atoms with Crippen molar-refractivity contribution in [3.8, 4) is 0 Å². The molecule has 0 aromatic heterocycles. The van der Waals surface area contributed by atoms with Crippen molar-refractivity contribution >= 4 is 18.3 Å². The van der Waals surface area contributed by atoms with E-state index in [1.165, 1.54) is 7.05 Å². The lowest BCUT2D eigenvalue weighted by molar-refractivity contribution is -0.118. The van der Waals surface area contributed by atoms with Crippen LogP contribution in [0.1, 0.15) is 5.56 Å². The number of hydrogen-bond donors (Lipinski definition) is 1. The average molecular weight is 189 g/mol. The first-order valence-electron chi connectivity index (χ1n) is 4.22. The second-order valence-electron chi connectivity index (χ2n) is 2.71. The maximum Gasteiger partial charge on any atom is 0.254 e. The van der Waals surface area contributed by atoms with Crippen LogP contribution in [0.4, 0.5) is 0 Å². The highest BCUT2D eigenvalue weighted by Gasteiger charge is 2.04. The molecule has 14 heavy (non-hydrogen) atoms. The third-order valence-electron chi connectivity index (χ3n) is 1.74. The molecule has 1 aromatic rings. The highest BCUT2D eigenvalue weighted by atomic mass is 16.2. The lowest BCUT2D eigenvalue weighted by atomic mass is 10.1. The number of nitrogens with one attached hydrogen (secondary N) is 1. The van der Waals surface area contributed by atoms with Gasteiger partial charge in [-0.2, -0.15) is 0 Å². The van der Waals surface area contributed by atoms with E-state index in [1.54, 1.807) is 6.08 Å². The highest BCUT2D eigenvalue weighted by Crippen LogP contribution is 2.04. The van der Waals surface area contributed by atoms with Crippen LogP contribution in [-0.2, 0) is 9.59 Å². The first-order valence-corrected chi connectivity index (χ1v) is 4.22. The number of carbonyl (C=O) groups is 2. The summed E-state index contributed by atoms with van der Waals surface area (Å²) in [6.45, 7) is 0. The van der Waals surface area contributed by atoms with Gasteiger partial charge in [-0.05, 0) is 11.6 Å². The van der Waals surface area contributed by atoms with Gasteiger partial charge >= 0.3 is 0 Å². The summed E-state index contributed by atoms with van der Waals surface area (Å²) in [5.74, 6) is -0.371. The van der Waals surface area contributed by atoms with Crippen molar-refractivity contribution in [2.24, 2.45) is 0 Å². The summed E-state index contributed by atoms with van der Waals surface area (Å²) < 4.78 is 0. The molecular weight excluding hydrogens is 178 g/mol. The van der Waals surface area contributed by atoms with Crippen LogP contribution in [0.3, 0.4) is 0 Å². The fourth-order valence-electron chi connectivity index (χ4n) is 1.03. The lowest BCUT2D eigenvalue weighted by Crippen LogP contribution is -2.20. The Morgan fingerprint density at radius 2 is 1.93 bits per heavy atom. The summed E-state index contributed by atoms with van der Waals surface area (Å²) in [5, 5.41) is 2.40. The minimum Gasteiger partial charge on any atom is -0.355 e. The molecule has 0 fully saturated rings. The zero-order valence-electron chi connectivity index (χ0n) is 7.86. The number of likely N-dealkylation sites (N-methyl/N-ethyl adjacent to an activating group) is 1. The molecule has 1 aromatic carbocycles. The number of amides is 1. The average Bonchev–Trinajstić information content (AvgIpc) is 2.26. The molecule has 0 bridgehead atoms. The Bertz CT molecular complexity index is 355. The Morgan fingerprint density at radius 1 is 1.29 bits per heavy atom. The minimum atomic E-state index is -0.371. The molecule has 1 N–H and O–H groups in total. The molecule has 0 heterocycles. The smallest absolute Gasteiger partial charge is 0.254 e. The van der Waals surface area contributed by atoms with Crippen LogP contribution in [0, 0.1) is 0 Å². The number of rotatable bonds is 3. The van der Waals surface area contributed by atoms with E-state index >= 15 is 0 Å². The summed E-state index contributed by atoms with van der Waals surface area (Å²) in [6, 6.07) is 9.22. The maximum absolute atomic E-state index is 11.1. The van der Waals surface area contributed by atoms with Crippen LogP contribution in [0.5, 0.6) is 0 Å². The van der Waals surface area contributed by atoms with Gasteiger partial charge in [0.2, 0.25) is 0 Å². The standard InChI is InChI=1S/C11H11NO2/c1-12-11(14)10(8-13)7-9-5-3-2-4-6-9/h2-8H,1H3,(H,12,14). The van der Waals surface area contributed by atoms with Crippen LogP contribution in [0.15, 0.2) is 35.9 Å². The van der Waals surface area contributed by atoms with Gasteiger partial charge in [0.25, 0.3) is 5.91 Å². The third kappa shape index (κ3) is 2.55. The van der Waals surface area contributed by atoms with Gasteiger partial charge in [0.15, 0.2) is 6.29 Å². The summed E-state index contributed by atoms with van der Waals surface area (Å²) in [5.41, 5.74) is 0.955. The quantitative estimate of drug-likeness (QED) is 0.334. The van der Waals surface area contributed by atoms with Crippen LogP contribution in [0.2, 0.25) is 0 Å². The van der Waals surface area contributed by atoms with Gasteiger partial charge in [-0.15, -0.1) is 0 Å². The fourth-order valence-corrected chi connectivity index (χ4v) is 1.03. The van der Waals surface area contributed by atoms with Crippen molar-refractivity contribution in [1.82, 2.24) is 5.32 Å². The SMILES string of the molecule is CNC(=O)C(C=O)=Cc1ccccc1. The van der Waals surface area contributed by atoms with Crippen molar-refractivity contribution in [3.63, 3.8) is 0 Å². The van der Waals surface area contributed by atoms with Gasteiger partial charge < -0.3 is 5.32 Å². The van der Waals surface area contributed by atoms with Gasteiger partial charge in [-0.1, -0.05) is 30.3 Å². The Morgan fingerprint density at radius 3 is 2.43 bits per heavy atom. The molecule has 0 unspecified atom stereocenters. The molecule has 0 saturated carbocycles. The zero-order chi connectivity index (χ0) is 10.4. The minimum absolute atomic E-state index is 0.124. The Balaban J connectivity index is 2.95. The monoisotopic (exact) mass is 189 g/mol. The molecule has 0 radical (unpaired) electrons. The van der Waals surface area contributed by atoms with E-state index in [4.69, 9.17) is 0 Å². The molecule has 0 atom stereocenters. The van der Waals surface area contributed by atoms with E-state index in [0.29, 0.717) is 6.29 Å². The maximum atomic E-state index is 11.1. The van der Waals surface area contributed by atoms with E-state index in [2.05, 4.69) is 5.32 Å². The topological polar surface area (TPSA) is 46.2 Å². The predicted molar refractivity (Wildman–Crippen MR) is 54.5 cm³/mol. The van der Waals surface area contributed by atoms with Crippen molar-refractivity contribution in [3.05, 3.63) is 41.5 Å². The first kappa shape index (κ1) is 10.2. The third-order valence-corrected chi connectivity index (χ3v) is 1.74. The van der Waals surface area contributed by atoms with E-state index in [1.807, 2.05) is 30.3 Å². The van der Waals surface area contributed by atoms with E-state index in [0.717, 1.165) is 5.56 Å². The molecule has 72 valence electrons. The zero-order valence-corrected chi connectivity index (χ0v) is 7.86. The Labute approximate surface area is 82.4 Å². The molecule has 0 aliphatic carbocycles. The fraction of sp³-hybridized carbons (Fsp3) is 0.0909. The summed E-state index contributed by atoms with van der Waals surface area (Å²) in [7, 11) is 1.49. The molecule has 0 spiro atoms.